The molecule has 178 valence electrons. The summed E-state index contributed by atoms with van der Waals surface area (Å²) in [4.78, 5) is 22.6. The maximum atomic E-state index is 13.6. The minimum atomic E-state index is -0.339. The van der Waals surface area contributed by atoms with Crippen molar-refractivity contribution in [3.05, 3.63) is 47.3 Å². The van der Waals surface area contributed by atoms with Gasteiger partial charge in [-0.15, -0.1) is 0 Å². The average Bonchev–Trinajstić information content (AvgIpc) is 3.56. The fourth-order valence-electron chi connectivity index (χ4n) is 5.36. The molecule has 0 spiro atoms. The van der Waals surface area contributed by atoms with Crippen LogP contribution in [0.25, 0.3) is 5.65 Å². The van der Waals surface area contributed by atoms with Crippen LogP contribution in [0.5, 0.6) is 11.5 Å². The lowest BCUT2D eigenvalue weighted by molar-refractivity contribution is 0.0601. The number of hydrogen-bond donors (Lipinski definition) is 1. The predicted molar refractivity (Wildman–Crippen MR) is 125 cm³/mol. The lowest BCUT2D eigenvalue weighted by atomic mass is 9.98. The Kier molecular flexibility index (Phi) is 5.09. The number of ether oxygens (including phenoxy) is 2. The smallest absolute Gasteiger partial charge is 0.258 e. The lowest BCUT2D eigenvalue weighted by Gasteiger charge is -2.35. The number of para-hydroxylation sites is 1. The minimum Gasteiger partial charge on any atom is -0.454 e. The maximum absolute atomic E-state index is 13.6. The van der Waals surface area contributed by atoms with E-state index in [0.717, 1.165) is 48.5 Å². The molecule has 9 heteroatoms. The van der Waals surface area contributed by atoms with E-state index in [2.05, 4.69) is 11.8 Å². The molecule has 2 fully saturated rings. The van der Waals surface area contributed by atoms with Crippen LogP contribution in [0.4, 0.5) is 5.82 Å². The average molecular weight is 464 g/mol. The summed E-state index contributed by atoms with van der Waals surface area (Å²) >= 11 is 0. The number of aliphatic hydroxyl groups excluding tert-OH is 1. The van der Waals surface area contributed by atoms with Crippen LogP contribution < -0.4 is 14.4 Å². The third kappa shape index (κ3) is 3.46. The van der Waals surface area contributed by atoms with Gasteiger partial charge in [-0.3, -0.25) is 4.79 Å². The van der Waals surface area contributed by atoms with Crippen molar-refractivity contribution in [1.82, 2.24) is 19.5 Å². The Labute approximate surface area is 197 Å². The normalized spacial score (nSPS) is 24.3. The Balaban J connectivity index is 1.33. The third-order valence-corrected chi connectivity index (χ3v) is 7.23. The summed E-state index contributed by atoms with van der Waals surface area (Å²) in [5, 5.41) is 15.0. The van der Waals surface area contributed by atoms with Crippen molar-refractivity contribution in [3.63, 3.8) is 0 Å². The number of aromatic nitrogens is 3. The van der Waals surface area contributed by atoms with Crippen molar-refractivity contribution in [2.75, 3.05) is 31.3 Å². The molecule has 1 aromatic carbocycles. The molecule has 5 heterocycles. The van der Waals surface area contributed by atoms with Crippen LogP contribution in [0, 0.1) is 12.8 Å². The summed E-state index contributed by atoms with van der Waals surface area (Å²) in [6.45, 7) is 6.25. The van der Waals surface area contributed by atoms with Gasteiger partial charge in [0.15, 0.2) is 17.1 Å². The molecule has 0 bridgehead atoms. The molecule has 3 aliphatic heterocycles. The molecule has 9 nitrogen and oxygen atoms in total. The second-order valence-corrected chi connectivity index (χ2v) is 9.62. The first kappa shape index (κ1) is 21.2. The highest BCUT2D eigenvalue weighted by atomic mass is 16.7. The van der Waals surface area contributed by atoms with Gasteiger partial charge in [0, 0.05) is 43.4 Å². The Hall–Kier alpha value is -3.33. The number of aryl methyl sites for hydroxylation is 1. The first-order chi connectivity index (χ1) is 16.5. The molecular formula is C25H29N5O4. The number of piperidine rings is 1. The van der Waals surface area contributed by atoms with Crippen molar-refractivity contribution < 1.29 is 19.4 Å². The van der Waals surface area contributed by atoms with E-state index >= 15 is 0 Å². The number of amides is 1. The van der Waals surface area contributed by atoms with E-state index in [1.54, 1.807) is 10.6 Å². The molecule has 0 aliphatic carbocycles. The van der Waals surface area contributed by atoms with E-state index in [0.29, 0.717) is 30.2 Å². The summed E-state index contributed by atoms with van der Waals surface area (Å²) in [5.41, 5.74) is 3.14. The van der Waals surface area contributed by atoms with Crippen LogP contribution >= 0.6 is 0 Å². The maximum Gasteiger partial charge on any atom is 0.258 e. The number of benzene rings is 1. The molecular weight excluding hydrogens is 434 g/mol. The molecule has 1 amide bonds. The van der Waals surface area contributed by atoms with E-state index in [-0.39, 0.29) is 30.8 Å². The standard InChI is InChI=1S/C25H29N5O4/c1-15-11-28(13-20(15)31)24-16(2)12-30-22(26-24)10-18(27-30)19-7-3-4-9-29(19)25(32)17-6-5-8-21-23(17)34-14-33-21/h5-6,8,10,12,15,19-20,31H,3-4,7,9,11,13-14H2,1-2H3/t15-,19+,20+/m1/s1. The number of rotatable bonds is 3. The number of anilines is 1. The highest BCUT2D eigenvalue weighted by molar-refractivity contribution is 5.98. The first-order valence-corrected chi connectivity index (χ1v) is 12.0. The van der Waals surface area contributed by atoms with Gasteiger partial charge < -0.3 is 24.4 Å². The number of β-amino-alcohol motifs (C(OH)–C–C–N with tert-alkyl or cyclic N) is 1. The van der Waals surface area contributed by atoms with Gasteiger partial charge in [-0.05, 0) is 38.3 Å². The van der Waals surface area contributed by atoms with Crippen molar-refractivity contribution in [3.8, 4) is 11.5 Å². The van der Waals surface area contributed by atoms with Crippen LogP contribution in [0.2, 0.25) is 0 Å². The van der Waals surface area contributed by atoms with E-state index in [1.165, 1.54) is 0 Å². The van der Waals surface area contributed by atoms with Gasteiger partial charge in [0.05, 0.1) is 23.4 Å². The van der Waals surface area contributed by atoms with E-state index in [1.807, 2.05) is 36.2 Å². The summed E-state index contributed by atoms with van der Waals surface area (Å²) in [6, 6.07) is 7.31. The molecule has 3 aliphatic rings. The Morgan fingerprint density at radius 1 is 1.21 bits per heavy atom. The molecule has 2 saturated heterocycles. The quantitative estimate of drug-likeness (QED) is 0.638. The van der Waals surface area contributed by atoms with Gasteiger partial charge in [-0.2, -0.15) is 5.10 Å². The highest BCUT2D eigenvalue weighted by Gasteiger charge is 2.34. The van der Waals surface area contributed by atoms with Gasteiger partial charge in [0.2, 0.25) is 6.79 Å². The van der Waals surface area contributed by atoms with Gasteiger partial charge in [0.25, 0.3) is 5.91 Å². The Morgan fingerprint density at radius 3 is 2.91 bits per heavy atom. The zero-order valence-corrected chi connectivity index (χ0v) is 19.5. The molecule has 2 aromatic heterocycles. The molecule has 3 aromatic rings. The second-order valence-electron chi connectivity index (χ2n) is 9.62. The van der Waals surface area contributed by atoms with Crippen molar-refractivity contribution in [2.24, 2.45) is 5.92 Å². The van der Waals surface area contributed by atoms with E-state index in [9.17, 15) is 9.90 Å². The molecule has 0 radical (unpaired) electrons. The molecule has 3 atom stereocenters. The number of likely N-dealkylation sites (tertiary alicyclic amines) is 1. The topological polar surface area (TPSA) is 92.4 Å². The summed E-state index contributed by atoms with van der Waals surface area (Å²) in [6.07, 6.45) is 4.49. The SMILES string of the molecule is Cc1cn2nc([C@@H]3CCCCN3C(=O)c3cccc4c3OCO4)cc2nc1N1C[C@@H](C)[C@@H](O)C1. The summed E-state index contributed by atoms with van der Waals surface area (Å²) < 4.78 is 12.9. The van der Waals surface area contributed by atoms with Crippen LogP contribution in [0.3, 0.4) is 0 Å². The Morgan fingerprint density at radius 2 is 2.09 bits per heavy atom. The zero-order chi connectivity index (χ0) is 23.4. The number of hydrogen-bond acceptors (Lipinski definition) is 7. The predicted octanol–water partition coefficient (Wildman–Crippen LogP) is 2.95. The van der Waals surface area contributed by atoms with Gasteiger partial charge in [0.1, 0.15) is 5.82 Å². The zero-order valence-electron chi connectivity index (χ0n) is 19.5. The van der Waals surface area contributed by atoms with Crippen LogP contribution in [-0.2, 0) is 0 Å². The van der Waals surface area contributed by atoms with Crippen molar-refractivity contribution in [1.29, 1.82) is 0 Å². The number of nitrogens with zero attached hydrogens (tertiary/aromatic N) is 5. The molecule has 34 heavy (non-hydrogen) atoms. The third-order valence-electron chi connectivity index (χ3n) is 7.23. The minimum absolute atomic E-state index is 0.0611. The van der Waals surface area contributed by atoms with Crippen LogP contribution in [0.15, 0.2) is 30.5 Å². The first-order valence-electron chi connectivity index (χ1n) is 12.0. The molecule has 6 rings (SSSR count). The van der Waals surface area contributed by atoms with Gasteiger partial charge in [-0.1, -0.05) is 13.0 Å². The second kappa shape index (κ2) is 8.16. The van der Waals surface area contributed by atoms with Crippen molar-refractivity contribution >= 4 is 17.4 Å². The number of carbonyl (C=O) groups is 1. The van der Waals surface area contributed by atoms with Crippen LogP contribution in [-0.4, -0.2) is 63.0 Å². The Bertz CT molecular complexity index is 1250. The summed E-state index contributed by atoms with van der Waals surface area (Å²) in [5.74, 6) is 2.18. The fourth-order valence-corrected chi connectivity index (χ4v) is 5.36. The van der Waals surface area contributed by atoms with E-state index in [4.69, 9.17) is 19.6 Å². The fraction of sp³-hybridized carbons (Fsp3) is 0.480. The number of fused-ring (bicyclic) bond motifs is 2. The monoisotopic (exact) mass is 463 g/mol. The van der Waals surface area contributed by atoms with Gasteiger partial charge >= 0.3 is 0 Å². The van der Waals surface area contributed by atoms with Crippen molar-refractivity contribution in [2.45, 2.75) is 45.3 Å². The molecule has 0 saturated carbocycles. The van der Waals surface area contributed by atoms with Crippen LogP contribution in [0.1, 0.15) is 53.8 Å². The summed E-state index contributed by atoms with van der Waals surface area (Å²) in [7, 11) is 0. The van der Waals surface area contributed by atoms with Gasteiger partial charge in [-0.25, -0.2) is 9.50 Å². The largest absolute Gasteiger partial charge is 0.454 e. The lowest BCUT2D eigenvalue weighted by Crippen LogP contribution is -2.38. The number of carbonyl (C=O) groups excluding carboxylic acids is 1. The molecule has 1 N–H and O–H groups in total. The highest BCUT2D eigenvalue weighted by Crippen LogP contribution is 2.39. The van der Waals surface area contributed by atoms with E-state index < -0.39 is 0 Å². The number of aliphatic hydroxyl groups is 1. The molecule has 0 unspecified atom stereocenters.